The standard InChI is InChI=1S/C11H18N2O2S/c1-10-6-4-5-7-11(10)8-9-12-16(14,15)13(2)3/h4-7,12H,8-9H2,1-3H3. The summed E-state index contributed by atoms with van der Waals surface area (Å²) in [5.41, 5.74) is 2.36. The topological polar surface area (TPSA) is 49.4 Å². The minimum absolute atomic E-state index is 0.422. The van der Waals surface area contributed by atoms with Crippen LogP contribution >= 0.6 is 0 Å². The second-order valence-electron chi connectivity index (χ2n) is 3.86. The Kier molecular flexibility index (Phi) is 4.46. The summed E-state index contributed by atoms with van der Waals surface area (Å²) in [6.45, 7) is 2.45. The van der Waals surface area contributed by atoms with Gasteiger partial charge in [-0.15, -0.1) is 0 Å². The van der Waals surface area contributed by atoms with E-state index in [1.165, 1.54) is 29.5 Å². The van der Waals surface area contributed by atoms with Crippen molar-refractivity contribution in [3.8, 4) is 0 Å². The van der Waals surface area contributed by atoms with Crippen LogP contribution in [0.15, 0.2) is 24.3 Å². The van der Waals surface area contributed by atoms with Crippen molar-refractivity contribution in [3.63, 3.8) is 0 Å². The first kappa shape index (κ1) is 13.2. The third kappa shape index (κ3) is 3.59. The van der Waals surface area contributed by atoms with Crippen LogP contribution in [0.4, 0.5) is 0 Å². The van der Waals surface area contributed by atoms with Crippen molar-refractivity contribution in [2.45, 2.75) is 13.3 Å². The number of rotatable bonds is 5. The molecule has 0 amide bonds. The molecule has 1 N–H and O–H groups in total. The van der Waals surface area contributed by atoms with Crippen LogP contribution in [-0.2, 0) is 16.6 Å². The highest BCUT2D eigenvalue weighted by atomic mass is 32.2. The second-order valence-corrected chi connectivity index (χ2v) is 5.83. The van der Waals surface area contributed by atoms with Gasteiger partial charge in [-0.05, 0) is 24.5 Å². The summed E-state index contributed by atoms with van der Waals surface area (Å²) in [6, 6.07) is 7.97. The van der Waals surface area contributed by atoms with Gasteiger partial charge in [-0.1, -0.05) is 24.3 Å². The third-order valence-corrected chi connectivity index (χ3v) is 3.95. The van der Waals surface area contributed by atoms with Crippen LogP contribution < -0.4 is 4.72 Å². The maximum atomic E-state index is 11.4. The lowest BCUT2D eigenvalue weighted by atomic mass is 10.1. The van der Waals surface area contributed by atoms with Gasteiger partial charge in [-0.3, -0.25) is 0 Å². The van der Waals surface area contributed by atoms with Crippen molar-refractivity contribution in [1.82, 2.24) is 9.03 Å². The van der Waals surface area contributed by atoms with E-state index in [1.807, 2.05) is 31.2 Å². The van der Waals surface area contributed by atoms with Gasteiger partial charge >= 0.3 is 0 Å². The van der Waals surface area contributed by atoms with E-state index in [9.17, 15) is 8.42 Å². The van der Waals surface area contributed by atoms with Crippen LogP contribution in [0.5, 0.6) is 0 Å². The van der Waals surface area contributed by atoms with E-state index in [1.54, 1.807) is 0 Å². The van der Waals surface area contributed by atoms with E-state index in [0.717, 1.165) is 0 Å². The molecule has 0 bridgehead atoms. The van der Waals surface area contributed by atoms with Gasteiger partial charge in [0.05, 0.1) is 0 Å². The minimum Gasteiger partial charge on any atom is -0.202 e. The monoisotopic (exact) mass is 242 g/mol. The molecular weight excluding hydrogens is 224 g/mol. The zero-order chi connectivity index (χ0) is 12.2. The van der Waals surface area contributed by atoms with Gasteiger partial charge < -0.3 is 0 Å². The van der Waals surface area contributed by atoms with Crippen LogP contribution in [0.2, 0.25) is 0 Å². The molecule has 16 heavy (non-hydrogen) atoms. The molecule has 0 fully saturated rings. The SMILES string of the molecule is Cc1ccccc1CCNS(=O)(=O)N(C)C. The Morgan fingerprint density at radius 3 is 2.44 bits per heavy atom. The second kappa shape index (κ2) is 5.43. The lowest BCUT2D eigenvalue weighted by molar-refractivity contribution is 0.506. The molecule has 0 aliphatic rings. The van der Waals surface area contributed by atoms with Gasteiger partial charge in [-0.2, -0.15) is 12.7 Å². The van der Waals surface area contributed by atoms with E-state index >= 15 is 0 Å². The lowest BCUT2D eigenvalue weighted by Crippen LogP contribution is -2.36. The molecule has 0 aliphatic carbocycles. The van der Waals surface area contributed by atoms with Crippen LogP contribution in [0.1, 0.15) is 11.1 Å². The molecule has 0 aliphatic heterocycles. The smallest absolute Gasteiger partial charge is 0.202 e. The average Bonchev–Trinajstić information content (AvgIpc) is 2.20. The molecule has 0 aromatic heterocycles. The summed E-state index contributed by atoms with van der Waals surface area (Å²) in [7, 11) is -0.278. The molecule has 0 saturated heterocycles. The maximum Gasteiger partial charge on any atom is 0.278 e. The molecule has 0 heterocycles. The average molecular weight is 242 g/mol. The first-order valence-corrected chi connectivity index (χ1v) is 6.59. The number of hydrogen-bond donors (Lipinski definition) is 1. The quantitative estimate of drug-likeness (QED) is 0.835. The van der Waals surface area contributed by atoms with Gasteiger partial charge in [0.1, 0.15) is 0 Å². The summed E-state index contributed by atoms with van der Waals surface area (Å²) < 4.78 is 26.5. The van der Waals surface area contributed by atoms with Crippen LogP contribution in [0, 0.1) is 6.92 Å². The zero-order valence-corrected chi connectivity index (χ0v) is 10.7. The molecule has 0 radical (unpaired) electrons. The van der Waals surface area contributed by atoms with E-state index in [4.69, 9.17) is 0 Å². The molecule has 0 atom stereocenters. The number of hydrogen-bond acceptors (Lipinski definition) is 2. The van der Waals surface area contributed by atoms with Crippen molar-refractivity contribution in [1.29, 1.82) is 0 Å². The Hall–Kier alpha value is -0.910. The first-order valence-electron chi connectivity index (χ1n) is 5.15. The molecule has 0 unspecified atom stereocenters. The summed E-state index contributed by atoms with van der Waals surface area (Å²) in [5, 5.41) is 0. The van der Waals surface area contributed by atoms with Crippen molar-refractivity contribution >= 4 is 10.2 Å². The number of nitrogens with zero attached hydrogens (tertiary/aromatic N) is 1. The van der Waals surface area contributed by atoms with E-state index in [-0.39, 0.29) is 0 Å². The highest BCUT2D eigenvalue weighted by Crippen LogP contribution is 2.07. The molecule has 1 rings (SSSR count). The van der Waals surface area contributed by atoms with Crippen LogP contribution in [-0.4, -0.2) is 33.4 Å². The Morgan fingerprint density at radius 2 is 1.88 bits per heavy atom. The van der Waals surface area contributed by atoms with E-state index in [0.29, 0.717) is 13.0 Å². The Morgan fingerprint density at radius 1 is 1.25 bits per heavy atom. The zero-order valence-electron chi connectivity index (χ0n) is 9.90. The molecule has 0 spiro atoms. The molecule has 0 saturated carbocycles. The molecule has 1 aromatic carbocycles. The molecule has 90 valence electrons. The fraction of sp³-hybridized carbons (Fsp3) is 0.455. The molecule has 4 nitrogen and oxygen atoms in total. The van der Waals surface area contributed by atoms with Crippen molar-refractivity contribution in [2.75, 3.05) is 20.6 Å². The van der Waals surface area contributed by atoms with Crippen molar-refractivity contribution in [3.05, 3.63) is 35.4 Å². The van der Waals surface area contributed by atoms with Crippen LogP contribution in [0.25, 0.3) is 0 Å². The van der Waals surface area contributed by atoms with Gasteiger partial charge in [-0.25, -0.2) is 4.72 Å². The first-order chi connectivity index (χ1) is 7.43. The fourth-order valence-corrected chi connectivity index (χ4v) is 1.95. The predicted molar refractivity (Wildman–Crippen MR) is 65.5 cm³/mol. The number of benzene rings is 1. The number of aryl methyl sites for hydroxylation is 1. The third-order valence-electron chi connectivity index (χ3n) is 2.42. The Labute approximate surface area is 97.5 Å². The normalized spacial score (nSPS) is 12.0. The fourth-order valence-electron chi connectivity index (χ4n) is 1.33. The summed E-state index contributed by atoms with van der Waals surface area (Å²) >= 11 is 0. The Bertz CT molecular complexity index is 441. The summed E-state index contributed by atoms with van der Waals surface area (Å²) in [4.78, 5) is 0. The van der Waals surface area contributed by atoms with Gasteiger partial charge in [0.25, 0.3) is 10.2 Å². The number of nitrogens with one attached hydrogen (secondary N) is 1. The largest absolute Gasteiger partial charge is 0.278 e. The molecule has 5 heteroatoms. The highest BCUT2D eigenvalue weighted by Gasteiger charge is 2.11. The maximum absolute atomic E-state index is 11.4. The Balaban J connectivity index is 2.52. The summed E-state index contributed by atoms with van der Waals surface area (Å²) in [6.07, 6.45) is 0.708. The van der Waals surface area contributed by atoms with E-state index in [2.05, 4.69) is 4.72 Å². The molecular formula is C11H18N2O2S. The molecule has 1 aromatic rings. The van der Waals surface area contributed by atoms with Crippen LogP contribution in [0.3, 0.4) is 0 Å². The van der Waals surface area contributed by atoms with Gasteiger partial charge in [0, 0.05) is 20.6 Å². The van der Waals surface area contributed by atoms with Gasteiger partial charge in [0.15, 0.2) is 0 Å². The highest BCUT2D eigenvalue weighted by molar-refractivity contribution is 7.87. The van der Waals surface area contributed by atoms with Gasteiger partial charge in [0.2, 0.25) is 0 Å². The summed E-state index contributed by atoms with van der Waals surface area (Å²) in [5.74, 6) is 0. The minimum atomic E-state index is -3.30. The van der Waals surface area contributed by atoms with E-state index < -0.39 is 10.2 Å². The van der Waals surface area contributed by atoms with Crippen molar-refractivity contribution in [2.24, 2.45) is 0 Å². The predicted octanol–water partition coefficient (Wildman–Crippen LogP) is 0.934. The lowest BCUT2D eigenvalue weighted by Gasteiger charge is -2.12. The van der Waals surface area contributed by atoms with Crippen molar-refractivity contribution < 1.29 is 8.42 Å².